The normalized spacial score (nSPS) is 5.44. The van der Waals surface area contributed by atoms with Crippen LogP contribution in [0, 0.1) is 6.08 Å². The van der Waals surface area contributed by atoms with Gasteiger partial charge in [-0.1, -0.05) is 14.9 Å². The summed E-state index contributed by atoms with van der Waals surface area (Å²) < 4.78 is 4.68. The van der Waals surface area contributed by atoms with Crippen LogP contribution in [0.3, 0.4) is 0 Å². The van der Waals surface area contributed by atoms with Crippen molar-refractivity contribution in [3.63, 3.8) is 0 Å². The summed E-state index contributed by atoms with van der Waals surface area (Å²) in [6.07, 6.45) is 3.52. The summed E-state index contributed by atoms with van der Waals surface area (Å²) in [5.74, 6) is 0. The van der Waals surface area contributed by atoms with Gasteiger partial charge >= 0.3 is 0 Å². The van der Waals surface area contributed by atoms with E-state index in [-0.39, 0.29) is 47.6 Å². The Morgan fingerprint density at radius 1 is 1.44 bits per heavy atom. The number of hydrogen-bond donors (Lipinski definition) is 0. The minimum atomic E-state index is 0. The van der Waals surface area contributed by atoms with E-state index in [0.717, 1.165) is 13.0 Å². The van der Waals surface area contributed by atoms with E-state index in [9.17, 15) is 0 Å². The van der Waals surface area contributed by atoms with E-state index < -0.39 is 0 Å². The van der Waals surface area contributed by atoms with Crippen molar-refractivity contribution in [2.24, 2.45) is 0 Å². The molecule has 0 spiro atoms. The van der Waals surface area contributed by atoms with Crippen molar-refractivity contribution in [2.75, 3.05) is 13.7 Å². The summed E-state index contributed by atoms with van der Waals surface area (Å²) in [7, 11) is 1.66. The van der Waals surface area contributed by atoms with Gasteiger partial charge in [-0.2, -0.15) is 6.42 Å². The molecule has 2 heteroatoms. The molecule has 0 atom stereocenters. The van der Waals surface area contributed by atoms with Crippen molar-refractivity contribution in [1.29, 1.82) is 0 Å². The number of ether oxygens (including phenoxy) is 1. The maximum Gasteiger partial charge on any atom is 0.0353 e. The van der Waals surface area contributed by atoms with E-state index >= 15 is 0 Å². The SMILES string of the molecule is C.C.C=[C-]CCOC.[Y]. The molecule has 0 fully saturated rings. The van der Waals surface area contributed by atoms with Crippen LogP contribution in [0.2, 0.25) is 0 Å². The summed E-state index contributed by atoms with van der Waals surface area (Å²) in [4.78, 5) is 0. The Hall–Kier alpha value is 0.804. The third-order valence-electron chi connectivity index (χ3n) is 0.483. The summed E-state index contributed by atoms with van der Waals surface area (Å²) in [5, 5.41) is 0. The van der Waals surface area contributed by atoms with Crippen molar-refractivity contribution in [3.05, 3.63) is 12.7 Å². The Morgan fingerprint density at radius 2 is 1.89 bits per heavy atom. The zero-order valence-electron chi connectivity index (χ0n) is 4.61. The molecule has 0 N–H and O–H groups in total. The van der Waals surface area contributed by atoms with Crippen molar-refractivity contribution in [1.82, 2.24) is 0 Å². The van der Waals surface area contributed by atoms with Gasteiger partial charge < -0.3 is 10.8 Å². The first kappa shape index (κ1) is 22.6. The van der Waals surface area contributed by atoms with Gasteiger partial charge in [0.1, 0.15) is 0 Å². The van der Waals surface area contributed by atoms with Gasteiger partial charge in [0.2, 0.25) is 0 Å². The fourth-order valence-corrected chi connectivity index (χ4v) is 0.174. The monoisotopic (exact) mass is 206 g/mol. The number of hydrogen-bond acceptors (Lipinski definition) is 1. The zero-order valence-corrected chi connectivity index (χ0v) is 7.45. The van der Waals surface area contributed by atoms with Gasteiger partial charge in [0.25, 0.3) is 0 Å². The molecule has 0 bridgehead atoms. The average Bonchev–Trinajstić information content (AvgIpc) is 1.61. The van der Waals surface area contributed by atoms with E-state index in [4.69, 9.17) is 0 Å². The second kappa shape index (κ2) is 23.2. The number of methoxy groups -OCH3 is 1. The second-order valence-electron chi connectivity index (χ2n) is 0.993. The molecule has 0 aliphatic heterocycles. The molecule has 0 heterocycles. The Labute approximate surface area is 84.7 Å². The van der Waals surface area contributed by atoms with Crippen LogP contribution in [-0.4, -0.2) is 13.7 Å². The van der Waals surface area contributed by atoms with Crippen LogP contribution in [0.4, 0.5) is 0 Å². The predicted molar refractivity (Wildman–Crippen MR) is 38.8 cm³/mol. The largest absolute Gasteiger partial charge is 0.502 e. The molecule has 0 rings (SSSR count). The van der Waals surface area contributed by atoms with Gasteiger partial charge in [-0.15, -0.1) is 0 Å². The third kappa shape index (κ3) is 28.2. The molecule has 0 aromatic heterocycles. The molecule has 0 saturated carbocycles. The topological polar surface area (TPSA) is 9.23 Å². The van der Waals surface area contributed by atoms with Gasteiger partial charge in [0.05, 0.1) is 0 Å². The molecule has 9 heavy (non-hydrogen) atoms. The standard InChI is InChI=1S/C5H9O.2CH4.Y/c1-3-4-5-6-2;;;/h1,4-5H2,2H3;2*1H4;/q-1;;;. The van der Waals surface area contributed by atoms with E-state index in [1.807, 2.05) is 0 Å². The first-order valence-electron chi connectivity index (χ1n) is 1.90. The van der Waals surface area contributed by atoms with Crippen LogP contribution in [0.1, 0.15) is 21.3 Å². The fourth-order valence-electron chi connectivity index (χ4n) is 0.174. The quantitative estimate of drug-likeness (QED) is 0.508. The van der Waals surface area contributed by atoms with Crippen molar-refractivity contribution >= 4 is 0 Å². The maximum absolute atomic E-state index is 4.68. The molecular formula is C7H17OY-. The van der Waals surface area contributed by atoms with E-state index in [0.29, 0.717) is 0 Å². The van der Waals surface area contributed by atoms with Crippen LogP contribution < -0.4 is 0 Å². The first-order valence-corrected chi connectivity index (χ1v) is 1.90. The predicted octanol–water partition coefficient (Wildman–Crippen LogP) is 2.28. The Balaban J connectivity index is -0.0000000417. The van der Waals surface area contributed by atoms with Crippen molar-refractivity contribution in [2.45, 2.75) is 21.3 Å². The third-order valence-corrected chi connectivity index (χ3v) is 0.483. The van der Waals surface area contributed by atoms with Crippen LogP contribution in [0.25, 0.3) is 0 Å². The van der Waals surface area contributed by atoms with Gasteiger partial charge in [-0.3, -0.25) is 6.58 Å². The molecule has 0 unspecified atom stereocenters. The van der Waals surface area contributed by atoms with Crippen molar-refractivity contribution < 1.29 is 37.4 Å². The maximum atomic E-state index is 4.68. The molecule has 55 valence electrons. The van der Waals surface area contributed by atoms with E-state index in [1.54, 1.807) is 7.11 Å². The molecule has 0 aromatic carbocycles. The fraction of sp³-hybridized carbons (Fsp3) is 0.714. The Kier molecular flexibility index (Phi) is 58.2. The molecule has 1 nitrogen and oxygen atoms in total. The van der Waals surface area contributed by atoms with E-state index in [1.165, 1.54) is 0 Å². The summed E-state index contributed by atoms with van der Waals surface area (Å²) in [6, 6.07) is 0. The van der Waals surface area contributed by atoms with E-state index in [2.05, 4.69) is 17.4 Å². The molecular weight excluding hydrogens is 189 g/mol. The van der Waals surface area contributed by atoms with Gasteiger partial charge in [0.15, 0.2) is 0 Å². The molecule has 0 aromatic rings. The van der Waals surface area contributed by atoms with Gasteiger partial charge in [0, 0.05) is 46.4 Å². The van der Waals surface area contributed by atoms with Gasteiger partial charge in [-0.25, -0.2) is 0 Å². The van der Waals surface area contributed by atoms with Crippen molar-refractivity contribution in [3.8, 4) is 0 Å². The van der Waals surface area contributed by atoms with Gasteiger partial charge in [-0.05, 0) is 0 Å². The molecule has 0 amide bonds. The smallest absolute Gasteiger partial charge is 0.0353 e. The Morgan fingerprint density at radius 3 is 2.00 bits per heavy atom. The summed E-state index contributed by atoms with van der Waals surface area (Å²) in [6.45, 7) is 4.13. The second-order valence-corrected chi connectivity index (χ2v) is 0.993. The first-order chi connectivity index (χ1) is 2.91. The summed E-state index contributed by atoms with van der Waals surface area (Å²) in [5.41, 5.74) is 0. The Bertz CT molecular complexity index is 37.9. The van der Waals surface area contributed by atoms with Crippen LogP contribution in [0.15, 0.2) is 6.58 Å². The van der Waals surface area contributed by atoms with Crippen LogP contribution in [-0.2, 0) is 37.4 Å². The van der Waals surface area contributed by atoms with Crippen LogP contribution in [0.5, 0.6) is 0 Å². The van der Waals surface area contributed by atoms with Crippen LogP contribution >= 0.6 is 0 Å². The zero-order chi connectivity index (χ0) is 4.83. The molecule has 0 saturated heterocycles. The minimum absolute atomic E-state index is 0. The number of rotatable bonds is 3. The molecule has 1 radical (unpaired) electrons. The average molecular weight is 206 g/mol. The minimum Gasteiger partial charge on any atom is -0.502 e. The summed E-state index contributed by atoms with van der Waals surface area (Å²) >= 11 is 0. The molecule has 0 aliphatic carbocycles. The molecule has 0 aliphatic rings.